The van der Waals surface area contributed by atoms with Crippen molar-refractivity contribution in [2.75, 3.05) is 18.4 Å². The molecule has 1 saturated heterocycles. The standard InChI is InChI=1S/C18H24N6O2/c1-12-8-23(9-13(2)26-12)17(25)11-24-10-15(7-20-24)21-16-5-6-19-18(22-16)14-3-4-14/h5-7,10,12-14H,3-4,8-9,11H2,1-2H3,(H,19,21,22). The molecule has 1 N–H and O–H groups in total. The number of carbonyl (C=O) groups excluding carboxylic acids is 1. The second-order valence-corrected chi connectivity index (χ2v) is 7.18. The molecular weight excluding hydrogens is 332 g/mol. The Morgan fingerprint density at radius 1 is 1.31 bits per heavy atom. The summed E-state index contributed by atoms with van der Waals surface area (Å²) < 4.78 is 7.33. The number of hydrogen-bond acceptors (Lipinski definition) is 6. The van der Waals surface area contributed by atoms with Crippen LogP contribution in [0.1, 0.15) is 38.4 Å². The fourth-order valence-electron chi connectivity index (χ4n) is 3.26. The maximum absolute atomic E-state index is 12.5. The highest BCUT2D eigenvalue weighted by Gasteiger charge is 2.27. The highest BCUT2D eigenvalue weighted by molar-refractivity contribution is 5.76. The number of hydrogen-bond donors (Lipinski definition) is 1. The van der Waals surface area contributed by atoms with Crippen LogP contribution < -0.4 is 5.32 Å². The lowest BCUT2D eigenvalue weighted by Crippen LogP contribution is -2.49. The molecule has 26 heavy (non-hydrogen) atoms. The van der Waals surface area contributed by atoms with E-state index in [1.807, 2.05) is 31.0 Å². The molecule has 2 aromatic rings. The van der Waals surface area contributed by atoms with E-state index in [-0.39, 0.29) is 24.7 Å². The zero-order chi connectivity index (χ0) is 18.1. The molecule has 8 nitrogen and oxygen atoms in total. The second kappa shape index (κ2) is 7.03. The van der Waals surface area contributed by atoms with E-state index >= 15 is 0 Å². The Bertz CT molecular complexity index is 777. The Kier molecular flexibility index (Phi) is 4.58. The van der Waals surface area contributed by atoms with Gasteiger partial charge < -0.3 is 15.0 Å². The summed E-state index contributed by atoms with van der Waals surface area (Å²) in [5, 5.41) is 7.52. The lowest BCUT2D eigenvalue weighted by molar-refractivity contribution is -0.144. The van der Waals surface area contributed by atoms with Gasteiger partial charge in [0.05, 0.1) is 24.1 Å². The molecule has 0 aromatic carbocycles. The third kappa shape index (κ3) is 4.01. The molecule has 0 radical (unpaired) electrons. The van der Waals surface area contributed by atoms with E-state index in [0.29, 0.717) is 19.0 Å². The average Bonchev–Trinajstić information content (AvgIpc) is 3.36. The Morgan fingerprint density at radius 2 is 2.08 bits per heavy atom. The van der Waals surface area contributed by atoms with Gasteiger partial charge in [0.2, 0.25) is 5.91 Å². The normalized spacial score (nSPS) is 23.1. The number of aromatic nitrogens is 4. The summed E-state index contributed by atoms with van der Waals surface area (Å²) in [6.45, 7) is 5.45. The van der Waals surface area contributed by atoms with Crippen molar-refractivity contribution in [3.8, 4) is 0 Å². The fraction of sp³-hybridized carbons (Fsp3) is 0.556. The molecule has 2 aliphatic rings. The molecule has 138 valence electrons. The number of morpholine rings is 1. The van der Waals surface area contributed by atoms with E-state index in [0.717, 1.165) is 17.3 Å². The maximum Gasteiger partial charge on any atom is 0.244 e. The lowest BCUT2D eigenvalue weighted by atomic mass is 10.2. The third-order valence-corrected chi connectivity index (χ3v) is 4.59. The van der Waals surface area contributed by atoms with Gasteiger partial charge in [0.1, 0.15) is 18.2 Å². The van der Waals surface area contributed by atoms with Crippen LogP contribution in [0.5, 0.6) is 0 Å². The van der Waals surface area contributed by atoms with Gasteiger partial charge in [-0.2, -0.15) is 5.10 Å². The summed E-state index contributed by atoms with van der Waals surface area (Å²) in [6.07, 6.45) is 7.77. The highest BCUT2D eigenvalue weighted by Crippen LogP contribution is 2.38. The minimum atomic E-state index is 0.0553. The quantitative estimate of drug-likeness (QED) is 0.881. The van der Waals surface area contributed by atoms with Gasteiger partial charge in [-0.1, -0.05) is 0 Å². The molecule has 1 aliphatic heterocycles. The van der Waals surface area contributed by atoms with Crippen LogP contribution in [0.25, 0.3) is 0 Å². The van der Waals surface area contributed by atoms with Crippen LogP contribution >= 0.6 is 0 Å². The first kappa shape index (κ1) is 17.0. The number of rotatable bonds is 5. The molecule has 2 unspecified atom stereocenters. The second-order valence-electron chi connectivity index (χ2n) is 7.18. The molecule has 2 aromatic heterocycles. The minimum Gasteiger partial charge on any atom is -0.372 e. The van der Waals surface area contributed by atoms with Gasteiger partial charge in [-0.25, -0.2) is 9.97 Å². The summed E-state index contributed by atoms with van der Waals surface area (Å²) in [4.78, 5) is 23.2. The number of anilines is 2. The summed E-state index contributed by atoms with van der Waals surface area (Å²) in [6, 6.07) is 1.84. The van der Waals surface area contributed by atoms with Crippen molar-refractivity contribution >= 4 is 17.4 Å². The monoisotopic (exact) mass is 356 g/mol. The molecular formula is C18H24N6O2. The first-order chi connectivity index (χ1) is 12.6. The number of amides is 1. The van der Waals surface area contributed by atoms with Crippen molar-refractivity contribution in [1.82, 2.24) is 24.6 Å². The summed E-state index contributed by atoms with van der Waals surface area (Å²) >= 11 is 0. The van der Waals surface area contributed by atoms with Crippen molar-refractivity contribution < 1.29 is 9.53 Å². The first-order valence-corrected chi connectivity index (χ1v) is 9.12. The van der Waals surface area contributed by atoms with Crippen molar-refractivity contribution in [3.05, 3.63) is 30.5 Å². The zero-order valence-electron chi connectivity index (χ0n) is 15.1. The summed E-state index contributed by atoms with van der Waals surface area (Å²) in [5.41, 5.74) is 0.807. The zero-order valence-corrected chi connectivity index (χ0v) is 15.1. The van der Waals surface area contributed by atoms with E-state index in [4.69, 9.17) is 4.74 Å². The molecule has 1 saturated carbocycles. The maximum atomic E-state index is 12.5. The smallest absolute Gasteiger partial charge is 0.244 e. The SMILES string of the molecule is CC1CN(C(=O)Cn2cc(Nc3ccnc(C4CC4)n3)cn2)CC(C)O1. The Morgan fingerprint density at radius 3 is 2.81 bits per heavy atom. The predicted octanol–water partition coefficient (Wildman–Crippen LogP) is 1.93. The van der Waals surface area contributed by atoms with E-state index in [1.165, 1.54) is 12.8 Å². The first-order valence-electron chi connectivity index (χ1n) is 9.12. The number of nitrogens with zero attached hydrogens (tertiary/aromatic N) is 5. The molecule has 2 atom stereocenters. The topological polar surface area (TPSA) is 85.2 Å². The van der Waals surface area contributed by atoms with Crippen molar-refractivity contribution in [3.63, 3.8) is 0 Å². The van der Waals surface area contributed by atoms with Crippen LogP contribution in [0, 0.1) is 0 Å². The molecule has 4 rings (SSSR count). The van der Waals surface area contributed by atoms with Crippen LogP contribution in [-0.4, -0.2) is 55.9 Å². The van der Waals surface area contributed by atoms with Crippen molar-refractivity contribution in [2.45, 2.75) is 51.4 Å². The van der Waals surface area contributed by atoms with E-state index in [1.54, 1.807) is 17.1 Å². The van der Waals surface area contributed by atoms with Crippen LogP contribution in [0.15, 0.2) is 24.7 Å². The molecule has 8 heteroatoms. The van der Waals surface area contributed by atoms with Gasteiger partial charge in [-0.3, -0.25) is 9.48 Å². The number of nitrogens with one attached hydrogen (secondary N) is 1. The molecule has 1 aliphatic carbocycles. The molecule has 0 spiro atoms. The van der Waals surface area contributed by atoms with Gasteiger partial charge >= 0.3 is 0 Å². The highest BCUT2D eigenvalue weighted by atomic mass is 16.5. The van der Waals surface area contributed by atoms with Gasteiger partial charge in [-0.05, 0) is 32.8 Å². The minimum absolute atomic E-state index is 0.0553. The molecule has 1 amide bonds. The predicted molar refractivity (Wildman–Crippen MR) is 96.1 cm³/mol. The summed E-state index contributed by atoms with van der Waals surface area (Å²) in [5.74, 6) is 2.21. The largest absolute Gasteiger partial charge is 0.372 e. The number of carbonyl (C=O) groups is 1. The Balaban J connectivity index is 1.37. The van der Waals surface area contributed by atoms with Crippen LogP contribution in [-0.2, 0) is 16.1 Å². The third-order valence-electron chi connectivity index (χ3n) is 4.59. The van der Waals surface area contributed by atoms with Crippen molar-refractivity contribution in [2.24, 2.45) is 0 Å². The van der Waals surface area contributed by atoms with E-state index in [2.05, 4.69) is 20.4 Å². The van der Waals surface area contributed by atoms with E-state index < -0.39 is 0 Å². The van der Waals surface area contributed by atoms with Crippen molar-refractivity contribution in [1.29, 1.82) is 0 Å². The molecule has 0 bridgehead atoms. The van der Waals surface area contributed by atoms with Gasteiger partial charge in [0.15, 0.2) is 0 Å². The van der Waals surface area contributed by atoms with Crippen LogP contribution in [0.4, 0.5) is 11.5 Å². The van der Waals surface area contributed by atoms with E-state index in [9.17, 15) is 4.79 Å². The van der Waals surface area contributed by atoms with Gasteiger partial charge in [0.25, 0.3) is 0 Å². The van der Waals surface area contributed by atoms with Crippen LogP contribution in [0.2, 0.25) is 0 Å². The van der Waals surface area contributed by atoms with Gasteiger partial charge in [0, 0.05) is 31.4 Å². The average molecular weight is 356 g/mol. The van der Waals surface area contributed by atoms with Crippen LogP contribution in [0.3, 0.4) is 0 Å². The number of ether oxygens (including phenoxy) is 1. The lowest BCUT2D eigenvalue weighted by Gasteiger charge is -2.35. The molecule has 2 fully saturated rings. The fourth-order valence-corrected chi connectivity index (χ4v) is 3.26. The Labute approximate surface area is 152 Å². The molecule has 3 heterocycles. The Hall–Kier alpha value is -2.48. The van der Waals surface area contributed by atoms with Gasteiger partial charge in [-0.15, -0.1) is 0 Å². The summed E-state index contributed by atoms with van der Waals surface area (Å²) in [7, 11) is 0.